The number of carboxylic acids is 1. The molecule has 7 heteroatoms. The second kappa shape index (κ2) is 6.32. The Balaban J connectivity index is 2.24. The molecule has 0 bridgehead atoms. The zero-order valence-corrected chi connectivity index (χ0v) is 13.7. The molecule has 5 nitrogen and oxygen atoms in total. The molecule has 2 aromatic rings. The third kappa shape index (κ3) is 3.34. The van der Waals surface area contributed by atoms with Crippen molar-refractivity contribution in [2.24, 2.45) is 0 Å². The lowest BCUT2D eigenvalue weighted by Crippen LogP contribution is -2.10. The number of carboxylic acid groups (broad SMARTS) is 1. The van der Waals surface area contributed by atoms with Crippen LogP contribution in [-0.2, 0) is 6.54 Å². The van der Waals surface area contributed by atoms with E-state index in [0.717, 1.165) is 20.2 Å². The van der Waals surface area contributed by atoms with E-state index in [1.807, 2.05) is 19.1 Å². The molecular formula is C13H11Br2N3O2. The Bertz CT molecular complexity index is 639. The predicted octanol–water partition coefficient (Wildman–Crippen LogP) is 3.62. The second-order valence-corrected chi connectivity index (χ2v) is 5.85. The number of aryl methyl sites for hydroxylation is 1. The Labute approximate surface area is 132 Å². The highest BCUT2D eigenvalue weighted by atomic mass is 79.9. The van der Waals surface area contributed by atoms with E-state index in [9.17, 15) is 4.79 Å². The van der Waals surface area contributed by atoms with Crippen molar-refractivity contribution in [1.29, 1.82) is 0 Å². The minimum atomic E-state index is -1.04. The number of benzene rings is 1. The van der Waals surface area contributed by atoms with Gasteiger partial charge in [0.2, 0.25) is 0 Å². The van der Waals surface area contributed by atoms with Crippen LogP contribution in [0.25, 0.3) is 0 Å². The first-order valence-electron chi connectivity index (χ1n) is 5.70. The van der Waals surface area contributed by atoms with Gasteiger partial charge < -0.3 is 10.4 Å². The van der Waals surface area contributed by atoms with Crippen molar-refractivity contribution < 1.29 is 9.90 Å². The van der Waals surface area contributed by atoms with Gasteiger partial charge in [-0.1, -0.05) is 0 Å². The molecular weight excluding hydrogens is 390 g/mol. The summed E-state index contributed by atoms with van der Waals surface area (Å²) in [6, 6.07) is 3.95. The van der Waals surface area contributed by atoms with Crippen LogP contribution in [-0.4, -0.2) is 21.0 Å². The molecule has 0 fully saturated rings. The lowest BCUT2D eigenvalue weighted by Gasteiger charge is -2.12. The summed E-state index contributed by atoms with van der Waals surface area (Å²) in [6.45, 7) is 2.29. The van der Waals surface area contributed by atoms with Gasteiger partial charge in [0.05, 0.1) is 17.9 Å². The van der Waals surface area contributed by atoms with E-state index in [1.165, 1.54) is 12.5 Å². The summed E-state index contributed by atoms with van der Waals surface area (Å²) in [5, 5.41) is 12.3. The third-order valence-electron chi connectivity index (χ3n) is 2.64. The van der Waals surface area contributed by atoms with E-state index in [0.29, 0.717) is 12.2 Å². The average Bonchev–Trinajstić information content (AvgIpc) is 2.37. The monoisotopic (exact) mass is 399 g/mol. The van der Waals surface area contributed by atoms with Gasteiger partial charge in [0, 0.05) is 15.1 Å². The van der Waals surface area contributed by atoms with Gasteiger partial charge in [-0.2, -0.15) is 0 Å². The van der Waals surface area contributed by atoms with E-state index in [4.69, 9.17) is 5.11 Å². The molecule has 20 heavy (non-hydrogen) atoms. The maximum absolute atomic E-state index is 11.1. The SMILES string of the molecule is Cc1cc(Br)c(NCc2ncncc2C(=O)O)c(Br)c1. The summed E-state index contributed by atoms with van der Waals surface area (Å²) in [6.07, 6.45) is 2.63. The summed E-state index contributed by atoms with van der Waals surface area (Å²) in [5.41, 5.74) is 2.50. The van der Waals surface area contributed by atoms with Gasteiger partial charge in [-0.25, -0.2) is 14.8 Å². The largest absolute Gasteiger partial charge is 0.478 e. The van der Waals surface area contributed by atoms with Crippen LogP contribution < -0.4 is 5.32 Å². The fraction of sp³-hybridized carbons (Fsp3) is 0.154. The van der Waals surface area contributed by atoms with Gasteiger partial charge in [0.15, 0.2) is 0 Å². The molecule has 2 rings (SSSR count). The van der Waals surface area contributed by atoms with E-state index < -0.39 is 5.97 Å². The van der Waals surface area contributed by atoms with Crippen LogP contribution in [0.15, 0.2) is 33.6 Å². The Morgan fingerprint density at radius 2 is 2.00 bits per heavy atom. The average molecular weight is 401 g/mol. The molecule has 0 unspecified atom stereocenters. The quantitative estimate of drug-likeness (QED) is 0.819. The van der Waals surface area contributed by atoms with Crippen LogP contribution in [0.2, 0.25) is 0 Å². The Kier molecular flexibility index (Phi) is 4.72. The molecule has 1 aromatic carbocycles. The highest BCUT2D eigenvalue weighted by Crippen LogP contribution is 2.32. The van der Waals surface area contributed by atoms with Crippen molar-refractivity contribution in [3.8, 4) is 0 Å². The first-order chi connectivity index (χ1) is 9.49. The maximum Gasteiger partial charge on any atom is 0.339 e. The van der Waals surface area contributed by atoms with Gasteiger partial charge in [-0.15, -0.1) is 0 Å². The molecule has 0 saturated heterocycles. The molecule has 1 heterocycles. The zero-order chi connectivity index (χ0) is 14.7. The van der Waals surface area contributed by atoms with E-state index in [-0.39, 0.29) is 5.56 Å². The highest BCUT2D eigenvalue weighted by molar-refractivity contribution is 9.11. The summed E-state index contributed by atoms with van der Waals surface area (Å²) >= 11 is 6.95. The number of nitrogens with one attached hydrogen (secondary N) is 1. The predicted molar refractivity (Wildman–Crippen MR) is 82.9 cm³/mol. The Morgan fingerprint density at radius 1 is 1.35 bits per heavy atom. The number of rotatable bonds is 4. The lowest BCUT2D eigenvalue weighted by molar-refractivity contribution is 0.0694. The molecule has 1 aromatic heterocycles. The number of hydrogen-bond donors (Lipinski definition) is 2. The lowest BCUT2D eigenvalue weighted by atomic mass is 10.2. The molecule has 0 amide bonds. The van der Waals surface area contributed by atoms with Gasteiger partial charge in [-0.05, 0) is 56.5 Å². The van der Waals surface area contributed by atoms with E-state index in [2.05, 4.69) is 47.1 Å². The molecule has 104 valence electrons. The van der Waals surface area contributed by atoms with Crippen molar-refractivity contribution >= 4 is 43.5 Å². The van der Waals surface area contributed by atoms with Gasteiger partial charge >= 0.3 is 5.97 Å². The minimum absolute atomic E-state index is 0.0966. The number of carbonyl (C=O) groups is 1. The van der Waals surface area contributed by atoms with Crippen molar-refractivity contribution in [2.75, 3.05) is 5.32 Å². The Hall–Kier alpha value is -1.47. The third-order valence-corrected chi connectivity index (χ3v) is 3.90. The smallest absolute Gasteiger partial charge is 0.339 e. The molecule has 0 radical (unpaired) electrons. The fourth-order valence-corrected chi connectivity index (χ4v) is 3.41. The topological polar surface area (TPSA) is 75.1 Å². The summed E-state index contributed by atoms with van der Waals surface area (Å²) in [4.78, 5) is 18.8. The number of anilines is 1. The number of hydrogen-bond acceptors (Lipinski definition) is 4. The molecule has 0 spiro atoms. The first-order valence-corrected chi connectivity index (χ1v) is 7.29. The van der Waals surface area contributed by atoms with E-state index >= 15 is 0 Å². The number of aromatic nitrogens is 2. The van der Waals surface area contributed by atoms with Crippen LogP contribution in [0.4, 0.5) is 5.69 Å². The van der Waals surface area contributed by atoms with Crippen LogP contribution in [0, 0.1) is 6.92 Å². The zero-order valence-electron chi connectivity index (χ0n) is 10.5. The molecule has 0 saturated carbocycles. The fourth-order valence-electron chi connectivity index (χ4n) is 1.72. The van der Waals surface area contributed by atoms with Crippen molar-refractivity contribution in [3.05, 3.63) is 50.4 Å². The van der Waals surface area contributed by atoms with Gasteiger partial charge in [0.25, 0.3) is 0 Å². The van der Waals surface area contributed by atoms with Crippen LogP contribution >= 0.6 is 31.9 Å². The number of halogens is 2. The molecule has 2 N–H and O–H groups in total. The Morgan fingerprint density at radius 3 is 2.60 bits per heavy atom. The van der Waals surface area contributed by atoms with E-state index in [1.54, 1.807) is 0 Å². The van der Waals surface area contributed by atoms with Crippen molar-refractivity contribution in [2.45, 2.75) is 13.5 Å². The highest BCUT2D eigenvalue weighted by Gasteiger charge is 2.12. The first kappa shape index (κ1) is 14.9. The molecule has 0 atom stereocenters. The van der Waals surface area contributed by atoms with Crippen molar-refractivity contribution in [3.63, 3.8) is 0 Å². The molecule has 0 aliphatic carbocycles. The van der Waals surface area contributed by atoms with Crippen molar-refractivity contribution in [1.82, 2.24) is 9.97 Å². The van der Waals surface area contributed by atoms with Crippen LogP contribution in [0.5, 0.6) is 0 Å². The summed E-state index contributed by atoms with van der Waals surface area (Å²) < 4.78 is 1.80. The van der Waals surface area contributed by atoms with Gasteiger partial charge in [0.1, 0.15) is 11.9 Å². The maximum atomic E-state index is 11.1. The number of nitrogens with zero attached hydrogens (tertiary/aromatic N) is 2. The summed E-state index contributed by atoms with van der Waals surface area (Å²) in [5.74, 6) is -1.04. The normalized spacial score (nSPS) is 10.3. The second-order valence-electron chi connectivity index (χ2n) is 4.15. The van der Waals surface area contributed by atoms with Crippen LogP contribution in [0.3, 0.4) is 0 Å². The molecule has 0 aliphatic rings. The standard InChI is InChI=1S/C13H11Br2N3O2/c1-7-2-9(14)12(10(15)3-7)17-5-11-8(13(19)20)4-16-6-18-11/h2-4,6,17H,5H2,1H3,(H,19,20). The molecule has 0 aliphatic heterocycles. The minimum Gasteiger partial charge on any atom is -0.478 e. The summed E-state index contributed by atoms with van der Waals surface area (Å²) in [7, 11) is 0. The van der Waals surface area contributed by atoms with Gasteiger partial charge in [-0.3, -0.25) is 0 Å². The van der Waals surface area contributed by atoms with Crippen LogP contribution in [0.1, 0.15) is 21.6 Å². The number of aromatic carboxylic acids is 1.